The van der Waals surface area contributed by atoms with Crippen LogP contribution in [0.4, 0.5) is 5.82 Å². The highest BCUT2D eigenvalue weighted by atomic mass is 32.9. The first-order chi connectivity index (χ1) is 15.2. The molecule has 2 N–H and O–H groups in total. The number of nitrogens with zero attached hydrogens (tertiary/aromatic N) is 4. The predicted molar refractivity (Wildman–Crippen MR) is 131 cm³/mol. The molecule has 1 aliphatic carbocycles. The van der Waals surface area contributed by atoms with Gasteiger partial charge in [0, 0.05) is 4.75 Å². The summed E-state index contributed by atoms with van der Waals surface area (Å²) in [6, 6.07) is 0. The molecule has 0 spiro atoms. The standard InChI is InChI=1S/C21H30N5O3PS2/c1-12(2)14-5-6-21(4)16(8-14)29-30(31,32-21)27-9-15-13(3)7-17(28-15)26-11-25-18-19(22)23-10-24-20(18)26/h10-11,13-17H,1,5-9H2,2-4H3,(H2,22,23,24)/t13-,14-,15+,16+,17+,21+,30+/m0/s1. The molecule has 2 aromatic rings. The van der Waals surface area contributed by atoms with E-state index < -0.39 is 5.69 Å². The maximum absolute atomic E-state index is 6.43. The summed E-state index contributed by atoms with van der Waals surface area (Å²) in [4.78, 5) is 12.7. The number of aromatic nitrogens is 4. The van der Waals surface area contributed by atoms with Crippen molar-refractivity contribution >= 4 is 45.9 Å². The van der Waals surface area contributed by atoms with E-state index in [9.17, 15) is 0 Å². The maximum Gasteiger partial charge on any atom is 0.248 e. The molecule has 1 saturated carbocycles. The molecule has 174 valence electrons. The van der Waals surface area contributed by atoms with E-state index in [1.54, 1.807) is 17.7 Å². The Bertz CT molecular complexity index is 1100. The zero-order chi connectivity index (χ0) is 22.7. The van der Waals surface area contributed by atoms with E-state index >= 15 is 0 Å². The molecule has 8 nitrogen and oxygen atoms in total. The summed E-state index contributed by atoms with van der Waals surface area (Å²) in [7, 11) is 0. The third-order valence-electron chi connectivity index (χ3n) is 7.08. The van der Waals surface area contributed by atoms with Crippen molar-refractivity contribution in [2.75, 3.05) is 12.3 Å². The van der Waals surface area contributed by atoms with Crippen LogP contribution < -0.4 is 5.73 Å². The van der Waals surface area contributed by atoms with Gasteiger partial charge in [-0.3, -0.25) is 4.57 Å². The number of anilines is 1. The van der Waals surface area contributed by atoms with Gasteiger partial charge in [0.05, 0.1) is 25.1 Å². The number of hydrogen-bond acceptors (Lipinski definition) is 9. The fourth-order valence-corrected chi connectivity index (χ4v) is 12.1. The molecule has 2 aromatic heterocycles. The molecule has 32 heavy (non-hydrogen) atoms. The Balaban J connectivity index is 1.24. The third kappa shape index (κ3) is 4.03. The van der Waals surface area contributed by atoms with Gasteiger partial charge >= 0.3 is 0 Å². The van der Waals surface area contributed by atoms with E-state index in [1.807, 2.05) is 4.57 Å². The van der Waals surface area contributed by atoms with Crippen LogP contribution in [0.25, 0.3) is 11.2 Å². The Morgan fingerprint density at radius 3 is 3.03 bits per heavy atom. The fraction of sp³-hybridized carbons (Fsp3) is 0.667. The largest absolute Gasteiger partial charge is 0.382 e. The van der Waals surface area contributed by atoms with Crippen molar-refractivity contribution < 1.29 is 13.8 Å². The van der Waals surface area contributed by atoms with Crippen LogP contribution in [-0.4, -0.2) is 43.1 Å². The molecular formula is C21H30N5O3PS2. The van der Waals surface area contributed by atoms with Crippen molar-refractivity contribution in [1.82, 2.24) is 19.5 Å². The van der Waals surface area contributed by atoms with E-state index in [1.165, 1.54) is 11.9 Å². The second kappa shape index (κ2) is 8.32. The Labute approximate surface area is 197 Å². The highest BCUT2D eigenvalue weighted by Gasteiger charge is 2.53. The Morgan fingerprint density at radius 1 is 1.44 bits per heavy atom. The van der Waals surface area contributed by atoms with Crippen molar-refractivity contribution in [2.45, 2.75) is 69.6 Å². The Kier molecular flexibility index (Phi) is 5.92. The van der Waals surface area contributed by atoms with Gasteiger partial charge in [-0.25, -0.2) is 15.0 Å². The summed E-state index contributed by atoms with van der Waals surface area (Å²) in [5.74, 6) is 1.19. The van der Waals surface area contributed by atoms with E-state index in [2.05, 4.69) is 42.3 Å². The van der Waals surface area contributed by atoms with E-state index in [4.69, 9.17) is 31.3 Å². The number of hydrogen-bond donors (Lipinski definition) is 1. The van der Waals surface area contributed by atoms with Crippen molar-refractivity contribution in [1.29, 1.82) is 0 Å². The average molecular weight is 496 g/mol. The first-order valence-electron chi connectivity index (χ1n) is 11.0. The number of rotatable bonds is 5. The number of imidazole rings is 1. The number of fused-ring (bicyclic) bond motifs is 2. The van der Waals surface area contributed by atoms with E-state index in [0.29, 0.717) is 35.4 Å². The van der Waals surface area contributed by atoms with Gasteiger partial charge in [-0.1, -0.05) is 30.5 Å². The molecule has 3 aliphatic rings. The van der Waals surface area contributed by atoms with Crippen LogP contribution in [-0.2, 0) is 25.6 Å². The normalized spacial score (nSPS) is 39.4. The summed E-state index contributed by atoms with van der Waals surface area (Å²) in [6.07, 6.45) is 7.10. The van der Waals surface area contributed by atoms with Gasteiger partial charge in [0.15, 0.2) is 11.5 Å². The van der Waals surface area contributed by atoms with Crippen LogP contribution in [0.2, 0.25) is 0 Å². The predicted octanol–water partition coefficient (Wildman–Crippen LogP) is 4.84. The summed E-state index contributed by atoms with van der Waals surface area (Å²) in [6.45, 7) is 11.1. The minimum Gasteiger partial charge on any atom is -0.382 e. The molecule has 11 heteroatoms. The van der Waals surface area contributed by atoms with Crippen molar-refractivity contribution in [2.24, 2.45) is 11.8 Å². The topological polar surface area (TPSA) is 97.3 Å². The van der Waals surface area contributed by atoms with Crippen LogP contribution in [0, 0.1) is 11.8 Å². The molecule has 5 rings (SSSR count). The van der Waals surface area contributed by atoms with Gasteiger partial charge in [0.25, 0.3) is 0 Å². The monoisotopic (exact) mass is 495 g/mol. The molecule has 7 atom stereocenters. The van der Waals surface area contributed by atoms with E-state index in [0.717, 1.165) is 25.7 Å². The molecular weight excluding hydrogens is 465 g/mol. The Hall–Kier alpha value is -1.03. The van der Waals surface area contributed by atoms with Crippen LogP contribution in [0.5, 0.6) is 0 Å². The lowest BCUT2D eigenvalue weighted by Crippen LogP contribution is -2.39. The van der Waals surface area contributed by atoms with Gasteiger partial charge in [-0.05, 0) is 63.2 Å². The number of allylic oxidation sites excluding steroid dienone is 1. The first kappa shape index (κ1) is 22.7. The summed E-state index contributed by atoms with van der Waals surface area (Å²) in [5, 5.41) is 0. The second-order valence-electron chi connectivity index (χ2n) is 9.48. The quantitative estimate of drug-likeness (QED) is 0.461. The summed E-state index contributed by atoms with van der Waals surface area (Å²) in [5.41, 5.74) is 6.02. The third-order valence-corrected chi connectivity index (χ3v) is 12.9. The molecule has 2 aliphatic heterocycles. The summed E-state index contributed by atoms with van der Waals surface area (Å²) >= 11 is 7.67. The van der Waals surface area contributed by atoms with Crippen molar-refractivity contribution in [3.05, 3.63) is 24.8 Å². The smallest absolute Gasteiger partial charge is 0.248 e. The lowest BCUT2D eigenvalue weighted by Gasteiger charge is -2.37. The van der Waals surface area contributed by atoms with Crippen LogP contribution in [0.1, 0.15) is 52.7 Å². The molecule has 0 bridgehead atoms. The van der Waals surface area contributed by atoms with Crippen molar-refractivity contribution in [3.8, 4) is 0 Å². The number of ether oxygens (including phenoxy) is 1. The van der Waals surface area contributed by atoms with Crippen LogP contribution in [0.3, 0.4) is 0 Å². The zero-order valence-electron chi connectivity index (χ0n) is 18.6. The molecule has 0 aromatic carbocycles. The SMILES string of the molecule is C=C(C)[C@H]1CC[C@@]2(C)S[P@](=S)(OC[C@H]3O[C@@H](n4cnc5c(N)ncnc54)C[C@@H]3C)O[C@@H]2C1. The molecule has 3 fully saturated rings. The van der Waals surface area contributed by atoms with Crippen molar-refractivity contribution in [3.63, 3.8) is 0 Å². The van der Waals surface area contributed by atoms with Crippen LogP contribution >= 0.6 is 17.1 Å². The molecule has 2 saturated heterocycles. The summed E-state index contributed by atoms with van der Waals surface area (Å²) < 4.78 is 21.1. The van der Waals surface area contributed by atoms with E-state index in [-0.39, 0.29) is 23.2 Å². The van der Waals surface area contributed by atoms with Gasteiger partial charge < -0.3 is 19.5 Å². The number of nitrogens with two attached hydrogens (primary N) is 1. The minimum absolute atomic E-state index is 0.0293. The van der Waals surface area contributed by atoms with Gasteiger partial charge in [0.1, 0.15) is 18.1 Å². The lowest BCUT2D eigenvalue weighted by atomic mass is 9.77. The molecule has 0 radical (unpaired) electrons. The Morgan fingerprint density at radius 2 is 2.25 bits per heavy atom. The highest BCUT2D eigenvalue weighted by molar-refractivity contribution is 8.68. The average Bonchev–Trinajstić information content (AvgIpc) is 3.39. The van der Waals surface area contributed by atoms with Gasteiger partial charge in [0.2, 0.25) is 5.69 Å². The minimum atomic E-state index is -2.42. The van der Waals surface area contributed by atoms with Gasteiger partial charge in [-0.15, -0.1) is 0 Å². The molecule has 0 unspecified atom stereocenters. The molecule has 4 heterocycles. The zero-order valence-corrected chi connectivity index (χ0v) is 21.2. The number of nitrogen functional groups attached to an aromatic ring is 1. The maximum atomic E-state index is 6.43. The second-order valence-corrected chi connectivity index (χ2v) is 16.1. The van der Waals surface area contributed by atoms with Crippen LogP contribution in [0.15, 0.2) is 24.8 Å². The molecule has 0 amide bonds. The fourth-order valence-electron chi connectivity index (χ4n) is 4.93. The highest BCUT2D eigenvalue weighted by Crippen LogP contribution is 2.75. The first-order valence-corrected chi connectivity index (χ1v) is 15.1. The van der Waals surface area contributed by atoms with Gasteiger partial charge in [-0.2, -0.15) is 0 Å². The lowest BCUT2D eigenvalue weighted by molar-refractivity contribution is -0.0236.